The third kappa shape index (κ3) is 3.61. The summed E-state index contributed by atoms with van der Waals surface area (Å²) in [7, 11) is 0. The lowest BCUT2D eigenvalue weighted by Crippen LogP contribution is -2.31. The van der Waals surface area contributed by atoms with E-state index < -0.39 is 5.25 Å². The van der Waals surface area contributed by atoms with Crippen LogP contribution in [0.15, 0.2) is 58.5 Å². The fourth-order valence-electron chi connectivity index (χ4n) is 2.57. The predicted octanol–water partition coefficient (Wildman–Crippen LogP) is 3.66. The van der Waals surface area contributed by atoms with Gasteiger partial charge in [-0.3, -0.25) is 14.2 Å². The number of aromatic nitrogens is 2. The standard InChI is InChI=1S/C19H18ClN3O2S/c1-3-21-17(24)12(2)26-19-22-15-10-6-4-8-13(15)18(25)23(19)16-11-7-5-9-14(16)20/h4-12H,3H2,1-2H3,(H,21,24)/t12-/m1/s1. The number of hydrogen-bond donors (Lipinski definition) is 1. The van der Waals surface area contributed by atoms with Crippen LogP contribution >= 0.6 is 23.4 Å². The van der Waals surface area contributed by atoms with Crippen LogP contribution in [0.2, 0.25) is 5.02 Å². The molecule has 1 atom stereocenters. The van der Waals surface area contributed by atoms with E-state index in [0.717, 1.165) is 0 Å². The number of halogens is 1. The first-order valence-electron chi connectivity index (χ1n) is 8.24. The summed E-state index contributed by atoms with van der Waals surface area (Å²) in [5, 5.41) is 3.76. The lowest BCUT2D eigenvalue weighted by atomic mass is 10.2. The van der Waals surface area contributed by atoms with Gasteiger partial charge in [0.2, 0.25) is 5.91 Å². The number of nitrogens with one attached hydrogen (secondary N) is 1. The van der Waals surface area contributed by atoms with Crippen LogP contribution in [0.5, 0.6) is 0 Å². The van der Waals surface area contributed by atoms with E-state index in [1.165, 1.54) is 16.3 Å². The van der Waals surface area contributed by atoms with Gasteiger partial charge in [-0.15, -0.1) is 0 Å². The van der Waals surface area contributed by atoms with Crippen molar-refractivity contribution in [1.82, 2.24) is 14.9 Å². The monoisotopic (exact) mass is 387 g/mol. The largest absolute Gasteiger partial charge is 0.355 e. The van der Waals surface area contributed by atoms with E-state index in [0.29, 0.717) is 33.3 Å². The van der Waals surface area contributed by atoms with Crippen LogP contribution in [-0.2, 0) is 4.79 Å². The summed E-state index contributed by atoms with van der Waals surface area (Å²) in [6.07, 6.45) is 0. The molecule has 0 bridgehead atoms. The predicted molar refractivity (Wildman–Crippen MR) is 106 cm³/mol. The van der Waals surface area contributed by atoms with E-state index >= 15 is 0 Å². The molecule has 7 heteroatoms. The number of benzene rings is 2. The summed E-state index contributed by atoms with van der Waals surface area (Å²) in [4.78, 5) is 29.9. The highest BCUT2D eigenvalue weighted by atomic mass is 35.5. The molecule has 3 aromatic rings. The van der Waals surface area contributed by atoms with Crippen molar-refractivity contribution in [2.75, 3.05) is 6.54 Å². The van der Waals surface area contributed by atoms with Crippen LogP contribution < -0.4 is 10.9 Å². The molecular weight excluding hydrogens is 370 g/mol. The van der Waals surface area contributed by atoms with Gasteiger partial charge in [0.05, 0.1) is 26.9 Å². The second-order valence-corrected chi connectivity index (χ2v) is 7.37. The summed E-state index contributed by atoms with van der Waals surface area (Å²) >= 11 is 7.56. The molecule has 0 aliphatic rings. The number of nitrogens with zero attached hydrogens (tertiary/aromatic N) is 2. The zero-order chi connectivity index (χ0) is 18.7. The van der Waals surface area contributed by atoms with Crippen LogP contribution in [0.25, 0.3) is 16.6 Å². The van der Waals surface area contributed by atoms with E-state index in [1.54, 1.807) is 43.3 Å². The fraction of sp³-hybridized carbons (Fsp3) is 0.211. The Bertz CT molecular complexity index is 1020. The Labute approximate surface area is 160 Å². The van der Waals surface area contributed by atoms with Crippen molar-refractivity contribution in [3.63, 3.8) is 0 Å². The van der Waals surface area contributed by atoms with Crippen molar-refractivity contribution in [1.29, 1.82) is 0 Å². The van der Waals surface area contributed by atoms with Crippen LogP contribution in [0.1, 0.15) is 13.8 Å². The maximum absolute atomic E-state index is 13.1. The normalized spacial score (nSPS) is 12.1. The molecule has 0 unspecified atom stereocenters. The Morgan fingerprint density at radius 1 is 1.23 bits per heavy atom. The Hall–Kier alpha value is -2.31. The molecule has 5 nitrogen and oxygen atoms in total. The van der Waals surface area contributed by atoms with Gasteiger partial charge >= 0.3 is 0 Å². The van der Waals surface area contributed by atoms with E-state index in [2.05, 4.69) is 10.3 Å². The molecule has 1 aromatic heterocycles. The number of thioether (sulfide) groups is 1. The number of amides is 1. The van der Waals surface area contributed by atoms with Gasteiger partial charge in [0, 0.05) is 6.54 Å². The molecule has 1 N–H and O–H groups in total. The third-order valence-electron chi connectivity index (χ3n) is 3.84. The summed E-state index contributed by atoms with van der Waals surface area (Å²) < 4.78 is 1.48. The van der Waals surface area contributed by atoms with Crippen molar-refractivity contribution in [3.05, 3.63) is 63.9 Å². The Morgan fingerprint density at radius 2 is 1.92 bits per heavy atom. The number of hydrogen-bond acceptors (Lipinski definition) is 4. The molecular formula is C19H18ClN3O2S. The van der Waals surface area contributed by atoms with E-state index in [1.807, 2.05) is 19.1 Å². The van der Waals surface area contributed by atoms with E-state index in [4.69, 9.17) is 11.6 Å². The minimum Gasteiger partial charge on any atom is -0.355 e. The number of para-hydroxylation sites is 2. The first-order valence-corrected chi connectivity index (χ1v) is 9.49. The zero-order valence-corrected chi connectivity index (χ0v) is 16.0. The van der Waals surface area contributed by atoms with Crippen molar-refractivity contribution in [2.45, 2.75) is 24.3 Å². The Balaban J connectivity index is 2.20. The van der Waals surface area contributed by atoms with Gasteiger partial charge in [0.1, 0.15) is 0 Å². The van der Waals surface area contributed by atoms with Crippen LogP contribution in [-0.4, -0.2) is 27.3 Å². The highest BCUT2D eigenvalue weighted by Gasteiger charge is 2.20. The van der Waals surface area contributed by atoms with Crippen LogP contribution in [0.4, 0.5) is 0 Å². The summed E-state index contributed by atoms with van der Waals surface area (Å²) in [5.74, 6) is -0.106. The molecule has 1 heterocycles. The smallest absolute Gasteiger partial charge is 0.266 e. The quantitative estimate of drug-likeness (QED) is 0.536. The Kier molecular flexibility index (Phi) is 5.64. The summed E-state index contributed by atoms with van der Waals surface area (Å²) in [6.45, 7) is 4.20. The molecule has 0 spiro atoms. The number of fused-ring (bicyclic) bond motifs is 1. The maximum atomic E-state index is 13.1. The SMILES string of the molecule is CCNC(=O)[C@@H](C)Sc1nc2ccccc2c(=O)n1-c1ccccc1Cl. The highest BCUT2D eigenvalue weighted by Crippen LogP contribution is 2.28. The minimum atomic E-state index is -0.406. The highest BCUT2D eigenvalue weighted by molar-refractivity contribution is 8.00. The molecule has 2 aromatic carbocycles. The van der Waals surface area contributed by atoms with Crippen molar-refractivity contribution in [2.24, 2.45) is 0 Å². The molecule has 0 saturated carbocycles. The van der Waals surface area contributed by atoms with Crippen molar-refractivity contribution in [3.8, 4) is 5.69 Å². The zero-order valence-electron chi connectivity index (χ0n) is 14.4. The molecule has 0 aliphatic carbocycles. The molecule has 3 rings (SSSR count). The topological polar surface area (TPSA) is 64.0 Å². The number of carbonyl (C=O) groups excluding carboxylic acids is 1. The van der Waals surface area contributed by atoms with Gasteiger partial charge in [-0.25, -0.2) is 4.98 Å². The van der Waals surface area contributed by atoms with Gasteiger partial charge in [-0.2, -0.15) is 0 Å². The molecule has 0 saturated heterocycles. The van der Waals surface area contributed by atoms with Gasteiger partial charge in [-0.05, 0) is 38.1 Å². The van der Waals surface area contributed by atoms with Crippen molar-refractivity contribution >= 4 is 40.2 Å². The average Bonchev–Trinajstić information content (AvgIpc) is 2.63. The number of carbonyl (C=O) groups is 1. The maximum Gasteiger partial charge on any atom is 0.266 e. The minimum absolute atomic E-state index is 0.106. The molecule has 0 aliphatic heterocycles. The molecule has 26 heavy (non-hydrogen) atoms. The summed E-state index contributed by atoms with van der Waals surface area (Å²) in [6, 6.07) is 14.2. The average molecular weight is 388 g/mol. The molecule has 0 radical (unpaired) electrons. The number of rotatable bonds is 5. The Morgan fingerprint density at radius 3 is 2.65 bits per heavy atom. The van der Waals surface area contributed by atoms with E-state index in [-0.39, 0.29) is 11.5 Å². The van der Waals surface area contributed by atoms with Gasteiger partial charge in [0.25, 0.3) is 5.56 Å². The molecule has 1 amide bonds. The molecule has 0 fully saturated rings. The molecule has 134 valence electrons. The second-order valence-electron chi connectivity index (χ2n) is 5.66. The van der Waals surface area contributed by atoms with Crippen LogP contribution in [0, 0.1) is 0 Å². The van der Waals surface area contributed by atoms with E-state index in [9.17, 15) is 9.59 Å². The lowest BCUT2D eigenvalue weighted by molar-refractivity contribution is -0.120. The lowest BCUT2D eigenvalue weighted by Gasteiger charge is -2.17. The summed E-state index contributed by atoms with van der Waals surface area (Å²) in [5.41, 5.74) is 0.920. The van der Waals surface area contributed by atoms with Gasteiger partial charge < -0.3 is 5.32 Å². The van der Waals surface area contributed by atoms with Gasteiger partial charge in [-0.1, -0.05) is 47.6 Å². The first kappa shape index (κ1) is 18.5. The third-order valence-corrected chi connectivity index (χ3v) is 5.21. The van der Waals surface area contributed by atoms with Crippen molar-refractivity contribution < 1.29 is 4.79 Å². The first-order chi connectivity index (χ1) is 12.5. The van der Waals surface area contributed by atoms with Gasteiger partial charge in [0.15, 0.2) is 5.16 Å². The second kappa shape index (κ2) is 7.93. The van der Waals surface area contributed by atoms with Crippen LogP contribution in [0.3, 0.4) is 0 Å². The fourth-order valence-corrected chi connectivity index (χ4v) is 3.73.